The SMILES string of the molecule is Cc1c([N+](=O)[O-])c(C(=O)Nc2nc3ccccc3n2C)nn1C. The fraction of sp³-hybridized carbons (Fsp3) is 0.214. The number of aromatic nitrogens is 4. The van der Waals surface area contributed by atoms with Crippen LogP contribution in [-0.2, 0) is 14.1 Å². The first kappa shape index (κ1) is 14.7. The first-order valence-electron chi connectivity index (χ1n) is 6.81. The smallest absolute Gasteiger partial charge is 0.313 e. The molecule has 0 radical (unpaired) electrons. The van der Waals surface area contributed by atoms with Crippen molar-refractivity contribution in [3.05, 3.63) is 45.8 Å². The second kappa shape index (κ2) is 5.20. The van der Waals surface area contributed by atoms with Crippen LogP contribution in [-0.4, -0.2) is 30.2 Å². The first-order valence-corrected chi connectivity index (χ1v) is 6.81. The molecular formula is C14H14N6O3. The standard InChI is InChI=1S/C14H14N6O3/c1-8-12(20(22)23)11(17-19(8)3)13(21)16-14-15-9-6-4-5-7-10(9)18(14)2/h4-7H,1-3H3,(H,15,16,21). The molecule has 3 rings (SSSR count). The minimum Gasteiger partial charge on any atom is -0.313 e. The average molecular weight is 314 g/mol. The van der Waals surface area contributed by atoms with Gasteiger partial charge in [0.1, 0.15) is 5.69 Å². The Bertz CT molecular complexity index is 940. The molecule has 2 heterocycles. The summed E-state index contributed by atoms with van der Waals surface area (Å²) < 4.78 is 3.01. The monoisotopic (exact) mass is 314 g/mol. The highest BCUT2D eigenvalue weighted by Crippen LogP contribution is 2.24. The van der Waals surface area contributed by atoms with Crippen molar-refractivity contribution in [1.29, 1.82) is 0 Å². The Morgan fingerprint density at radius 1 is 1.30 bits per heavy atom. The Morgan fingerprint density at radius 3 is 2.65 bits per heavy atom. The van der Waals surface area contributed by atoms with E-state index in [4.69, 9.17) is 0 Å². The number of carbonyl (C=O) groups excluding carboxylic acids is 1. The number of anilines is 1. The van der Waals surface area contributed by atoms with Crippen LogP contribution < -0.4 is 5.32 Å². The summed E-state index contributed by atoms with van der Waals surface area (Å²) >= 11 is 0. The molecule has 0 aliphatic carbocycles. The van der Waals surface area contributed by atoms with Gasteiger partial charge in [-0.2, -0.15) is 5.10 Å². The van der Waals surface area contributed by atoms with E-state index in [1.165, 1.54) is 11.6 Å². The maximum absolute atomic E-state index is 12.4. The van der Waals surface area contributed by atoms with Gasteiger partial charge in [-0.1, -0.05) is 12.1 Å². The van der Waals surface area contributed by atoms with E-state index in [2.05, 4.69) is 15.4 Å². The lowest BCUT2D eigenvalue weighted by molar-refractivity contribution is -0.385. The molecule has 0 aliphatic heterocycles. The largest absolute Gasteiger partial charge is 0.322 e. The predicted molar refractivity (Wildman–Crippen MR) is 83.3 cm³/mol. The zero-order valence-corrected chi connectivity index (χ0v) is 12.8. The predicted octanol–water partition coefficient (Wildman–Crippen LogP) is 1.78. The van der Waals surface area contributed by atoms with Gasteiger partial charge in [0, 0.05) is 14.1 Å². The summed E-state index contributed by atoms with van der Waals surface area (Å²) in [7, 11) is 3.30. The van der Waals surface area contributed by atoms with Crippen LogP contribution >= 0.6 is 0 Å². The van der Waals surface area contributed by atoms with Gasteiger partial charge in [-0.15, -0.1) is 0 Å². The van der Waals surface area contributed by atoms with Crippen molar-refractivity contribution < 1.29 is 9.72 Å². The molecule has 1 amide bonds. The number of amides is 1. The summed E-state index contributed by atoms with van der Waals surface area (Å²) in [6.45, 7) is 1.54. The molecule has 0 fully saturated rings. The van der Waals surface area contributed by atoms with Crippen molar-refractivity contribution in [2.45, 2.75) is 6.92 Å². The number of imidazole rings is 1. The molecule has 0 bridgehead atoms. The van der Waals surface area contributed by atoms with Gasteiger partial charge in [0.15, 0.2) is 0 Å². The van der Waals surface area contributed by atoms with E-state index in [9.17, 15) is 14.9 Å². The quantitative estimate of drug-likeness (QED) is 0.585. The fourth-order valence-electron chi connectivity index (χ4n) is 2.39. The Hall–Kier alpha value is -3.23. The lowest BCUT2D eigenvalue weighted by Crippen LogP contribution is -2.17. The van der Waals surface area contributed by atoms with Crippen molar-refractivity contribution in [3.8, 4) is 0 Å². The fourth-order valence-corrected chi connectivity index (χ4v) is 2.39. The van der Waals surface area contributed by atoms with Crippen molar-refractivity contribution in [2.75, 3.05) is 5.32 Å². The minimum absolute atomic E-state index is 0.234. The Balaban J connectivity index is 2.00. The Labute approximate surface area is 130 Å². The molecule has 0 saturated heterocycles. The first-order chi connectivity index (χ1) is 10.9. The van der Waals surface area contributed by atoms with Gasteiger partial charge < -0.3 is 4.57 Å². The van der Waals surface area contributed by atoms with Crippen LogP contribution in [0.25, 0.3) is 11.0 Å². The summed E-state index contributed by atoms with van der Waals surface area (Å²) in [5, 5.41) is 17.7. The number of nitrogens with zero attached hydrogens (tertiary/aromatic N) is 5. The topological polar surface area (TPSA) is 108 Å². The molecule has 1 N–H and O–H groups in total. The lowest BCUT2D eigenvalue weighted by Gasteiger charge is -2.03. The van der Waals surface area contributed by atoms with Gasteiger partial charge >= 0.3 is 5.69 Å². The van der Waals surface area contributed by atoms with Crippen LogP contribution in [0, 0.1) is 17.0 Å². The molecule has 3 aromatic rings. The molecule has 0 saturated carbocycles. The third-order valence-corrected chi connectivity index (χ3v) is 3.71. The number of fused-ring (bicyclic) bond motifs is 1. The number of carbonyl (C=O) groups is 1. The number of para-hydroxylation sites is 2. The van der Waals surface area contributed by atoms with Gasteiger partial charge in [0.25, 0.3) is 5.91 Å². The molecular weight excluding hydrogens is 300 g/mol. The Morgan fingerprint density at radius 2 is 2.00 bits per heavy atom. The Kier molecular flexibility index (Phi) is 3.32. The summed E-state index contributed by atoms with van der Waals surface area (Å²) in [4.78, 5) is 27.3. The molecule has 0 aliphatic rings. The van der Waals surface area contributed by atoms with Gasteiger partial charge in [-0.3, -0.25) is 24.9 Å². The maximum Gasteiger partial charge on any atom is 0.322 e. The zero-order valence-electron chi connectivity index (χ0n) is 12.8. The highest BCUT2D eigenvalue weighted by atomic mass is 16.6. The van der Waals surface area contributed by atoms with Crippen molar-refractivity contribution in [2.24, 2.45) is 14.1 Å². The number of nitrogens with one attached hydrogen (secondary N) is 1. The van der Waals surface area contributed by atoms with Crippen LogP contribution in [0.3, 0.4) is 0 Å². The van der Waals surface area contributed by atoms with Crippen LogP contribution in [0.4, 0.5) is 11.6 Å². The average Bonchev–Trinajstić information content (AvgIpc) is 2.98. The van der Waals surface area contributed by atoms with Gasteiger partial charge in [0.2, 0.25) is 11.6 Å². The molecule has 9 heteroatoms. The summed E-state index contributed by atoms with van der Waals surface area (Å²) in [6.07, 6.45) is 0. The molecule has 23 heavy (non-hydrogen) atoms. The van der Waals surface area contributed by atoms with Crippen molar-refractivity contribution in [3.63, 3.8) is 0 Å². The van der Waals surface area contributed by atoms with Crippen LogP contribution in [0.1, 0.15) is 16.2 Å². The number of rotatable bonds is 3. The molecule has 118 valence electrons. The number of hydrogen-bond acceptors (Lipinski definition) is 5. The van der Waals surface area contributed by atoms with Gasteiger partial charge in [0.05, 0.1) is 16.0 Å². The minimum atomic E-state index is -0.668. The molecule has 1 aromatic carbocycles. The van der Waals surface area contributed by atoms with E-state index < -0.39 is 10.8 Å². The van der Waals surface area contributed by atoms with Crippen molar-refractivity contribution >= 4 is 28.6 Å². The number of aryl methyl sites for hydroxylation is 2. The van der Waals surface area contributed by atoms with E-state index in [1.54, 1.807) is 18.7 Å². The third kappa shape index (κ3) is 2.31. The normalized spacial score (nSPS) is 10.9. The second-order valence-corrected chi connectivity index (χ2v) is 5.10. The lowest BCUT2D eigenvalue weighted by atomic mass is 10.3. The summed E-state index contributed by atoms with van der Waals surface area (Å²) in [5.74, 6) is -0.368. The molecule has 0 atom stereocenters. The molecule has 9 nitrogen and oxygen atoms in total. The summed E-state index contributed by atoms with van der Waals surface area (Å²) in [6, 6.07) is 7.39. The van der Waals surface area contributed by atoms with Crippen LogP contribution in [0.2, 0.25) is 0 Å². The van der Waals surface area contributed by atoms with E-state index in [0.717, 1.165) is 11.0 Å². The van der Waals surface area contributed by atoms with Crippen LogP contribution in [0.5, 0.6) is 0 Å². The van der Waals surface area contributed by atoms with Gasteiger partial charge in [-0.05, 0) is 19.1 Å². The third-order valence-electron chi connectivity index (χ3n) is 3.71. The van der Waals surface area contributed by atoms with E-state index in [1.807, 2.05) is 24.3 Å². The number of hydrogen-bond donors (Lipinski definition) is 1. The van der Waals surface area contributed by atoms with E-state index in [-0.39, 0.29) is 11.4 Å². The van der Waals surface area contributed by atoms with E-state index >= 15 is 0 Å². The highest BCUT2D eigenvalue weighted by molar-refractivity contribution is 6.05. The van der Waals surface area contributed by atoms with Crippen molar-refractivity contribution in [1.82, 2.24) is 19.3 Å². The maximum atomic E-state index is 12.4. The van der Waals surface area contributed by atoms with Gasteiger partial charge in [-0.25, -0.2) is 4.98 Å². The second-order valence-electron chi connectivity index (χ2n) is 5.10. The molecule has 2 aromatic heterocycles. The zero-order chi connectivity index (χ0) is 16.7. The molecule has 0 spiro atoms. The molecule has 0 unspecified atom stereocenters. The van der Waals surface area contributed by atoms with Crippen LogP contribution in [0.15, 0.2) is 24.3 Å². The number of benzene rings is 1. The summed E-state index contributed by atoms with van der Waals surface area (Å²) in [5.41, 5.74) is 1.34. The number of nitro groups is 1. The highest BCUT2D eigenvalue weighted by Gasteiger charge is 2.29. The van der Waals surface area contributed by atoms with E-state index in [0.29, 0.717) is 11.6 Å².